The average molecular weight is 681 g/mol. The monoisotopic (exact) mass is 680 g/mol. The van der Waals surface area contributed by atoms with Crippen LogP contribution in [0.15, 0.2) is 89.9 Å². The second-order valence-electron chi connectivity index (χ2n) is 13.5. The number of anilines is 2. The first-order valence-electron chi connectivity index (χ1n) is 16.1. The van der Waals surface area contributed by atoms with E-state index in [-0.39, 0.29) is 29.6 Å². The number of nitrogens with zero attached hydrogens (tertiary/aromatic N) is 4. The van der Waals surface area contributed by atoms with Crippen molar-refractivity contribution in [2.45, 2.75) is 51.9 Å². The quantitative estimate of drug-likeness (QED) is 0.140. The number of carbonyl (C=O) groups is 1. The van der Waals surface area contributed by atoms with E-state index >= 15 is 0 Å². The van der Waals surface area contributed by atoms with Gasteiger partial charge in [0.05, 0.1) is 29.9 Å². The van der Waals surface area contributed by atoms with Crippen LogP contribution in [0.4, 0.5) is 11.5 Å². The number of amides is 1. The van der Waals surface area contributed by atoms with Gasteiger partial charge in [0.2, 0.25) is 0 Å². The molecule has 1 atom stereocenters. The highest BCUT2D eigenvalue weighted by atomic mass is 28.4. The predicted octanol–water partition coefficient (Wildman–Crippen LogP) is 6.20. The maximum atomic E-state index is 13.3. The summed E-state index contributed by atoms with van der Waals surface area (Å²) in [5.74, 6) is 0.326. The summed E-state index contributed by atoms with van der Waals surface area (Å²) in [7, 11) is -0.235. The first-order chi connectivity index (χ1) is 23.2. The first kappa shape index (κ1) is 35.3. The van der Waals surface area contributed by atoms with Gasteiger partial charge in [-0.2, -0.15) is 0 Å². The van der Waals surface area contributed by atoms with Crippen LogP contribution in [-0.2, 0) is 11.5 Å². The van der Waals surface area contributed by atoms with Crippen LogP contribution < -0.4 is 21.3 Å². The Labute approximate surface area is 287 Å². The Balaban J connectivity index is 1.27. The molecule has 11 nitrogen and oxygen atoms in total. The van der Waals surface area contributed by atoms with Crippen LogP contribution in [0.5, 0.6) is 5.75 Å². The topological polar surface area (TPSA) is 147 Å². The highest BCUT2D eigenvalue weighted by Crippen LogP contribution is 2.36. The van der Waals surface area contributed by atoms with Crippen molar-refractivity contribution < 1.29 is 19.1 Å². The zero-order valence-corrected chi connectivity index (χ0v) is 30.0. The Morgan fingerprint density at radius 3 is 2.37 bits per heavy atom. The van der Waals surface area contributed by atoms with Gasteiger partial charge in [0.15, 0.2) is 8.32 Å². The van der Waals surface area contributed by atoms with E-state index in [9.17, 15) is 14.7 Å². The van der Waals surface area contributed by atoms with Gasteiger partial charge in [-0.3, -0.25) is 14.3 Å². The molecule has 12 heteroatoms. The number of ether oxygens (including phenoxy) is 1. The zero-order valence-electron chi connectivity index (χ0n) is 29.0. The molecule has 5 rings (SSSR count). The number of hydrogen-bond acceptors (Lipinski definition) is 8. The number of hydrogen-bond donors (Lipinski definition) is 3. The summed E-state index contributed by atoms with van der Waals surface area (Å²) in [4.78, 5) is 35.7. The third-order valence-corrected chi connectivity index (χ3v) is 13.5. The smallest absolute Gasteiger partial charge is 0.284 e. The molecule has 0 radical (unpaired) electrons. The zero-order chi connectivity index (χ0) is 35.5. The number of nitrogens with two attached hydrogens (primary N) is 1. The highest BCUT2D eigenvalue weighted by molar-refractivity contribution is 6.74. The van der Waals surface area contributed by atoms with Gasteiger partial charge in [-0.15, -0.1) is 0 Å². The van der Waals surface area contributed by atoms with Crippen LogP contribution in [0.25, 0.3) is 28.2 Å². The summed E-state index contributed by atoms with van der Waals surface area (Å²) in [5.41, 5.74) is 10.2. The van der Waals surface area contributed by atoms with E-state index in [0.29, 0.717) is 39.8 Å². The van der Waals surface area contributed by atoms with Gasteiger partial charge in [-0.25, -0.2) is 14.6 Å². The van der Waals surface area contributed by atoms with E-state index < -0.39 is 25.9 Å². The normalized spacial score (nSPS) is 12.5. The number of rotatable bonds is 11. The molecule has 0 saturated heterocycles. The maximum absolute atomic E-state index is 13.3. The van der Waals surface area contributed by atoms with Gasteiger partial charge in [-0.1, -0.05) is 63.2 Å². The second kappa shape index (κ2) is 14.2. The van der Waals surface area contributed by atoms with Gasteiger partial charge in [0.1, 0.15) is 35.5 Å². The molecule has 2 aromatic heterocycles. The van der Waals surface area contributed by atoms with Crippen molar-refractivity contribution in [1.29, 1.82) is 0 Å². The van der Waals surface area contributed by atoms with Crippen molar-refractivity contribution in [2.24, 2.45) is 7.05 Å². The summed E-state index contributed by atoms with van der Waals surface area (Å²) in [6.45, 7) is 12.8. The Hall–Kier alpha value is -5.04. The lowest BCUT2D eigenvalue weighted by atomic mass is 10.1. The molecular weight excluding hydrogens is 637 g/mol. The maximum Gasteiger partial charge on any atom is 0.284 e. The molecule has 1 unspecified atom stereocenters. The highest BCUT2D eigenvalue weighted by Gasteiger charge is 2.37. The number of benzene rings is 3. The number of nitrogen functional groups attached to an aromatic ring is 1. The number of nitrogens with one attached hydrogen (secondary N) is 1. The molecule has 3 aromatic carbocycles. The molecule has 0 fully saturated rings. The molecule has 0 aliphatic heterocycles. The van der Waals surface area contributed by atoms with Gasteiger partial charge < -0.3 is 25.3 Å². The largest absolute Gasteiger partial charge is 0.491 e. The number of aliphatic hydroxyl groups excluding tert-OH is 1. The van der Waals surface area contributed by atoms with Crippen molar-refractivity contribution in [3.8, 4) is 34.0 Å². The lowest BCUT2D eigenvalue weighted by molar-refractivity contribution is 0.0576. The molecule has 0 saturated carbocycles. The fourth-order valence-corrected chi connectivity index (χ4v) is 6.03. The number of aromatic nitrogens is 4. The lowest BCUT2D eigenvalue weighted by Gasteiger charge is -2.36. The van der Waals surface area contributed by atoms with Gasteiger partial charge >= 0.3 is 0 Å². The standard InChI is InChI=1S/C37H44N6O5Si/c1-24-32(36(46)43(42(24)5)28-13-9-8-10-14-28)35(45)40-27-18-16-25(17-19-27)33-34(38)39-21-31(41-33)26-12-11-15-30(20-26)47-22-29(44)23-48-49(6,7)37(2,3)4/h8-21,29,44H,22-23H2,1-7H3,(H2,38,39)(H,40,45). The fourth-order valence-electron chi connectivity index (χ4n) is 4.99. The molecule has 0 spiro atoms. The number of aliphatic hydroxyl groups is 1. The Morgan fingerprint density at radius 1 is 1.00 bits per heavy atom. The Bertz CT molecular complexity index is 2000. The first-order valence-corrected chi connectivity index (χ1v) is 19.0. The molecule has 5 aromatic rings. The van der Waals surface area contributed by atoms with E-state index in [2.05, 4.69) is 44.2 Å². The van der Waals surface area contributed by atoms with Crippen LogP contribution in [0, 0.1) is 6.92 Å². The second-order valence-corrected chi connectivity index (χ2v) is 18.3. The summed E-state index contributed by atoms with van der Waals surface area (Å²) in [6, 6.07) is 23.6. The van der Waals surface area contributed by atoms with E-state index in [1.165, 1.54) is 4.68 Å². The van der Waals surface area contributed by atoms with E-state index in [4.69, 9.17) is 19.9 Å². The van der Waals surface area contributed by atoms with Gasteiger partial charge in [-0.05, 0) is 61.5 Å². The minimum absolute atomic E-state index is 0.0518. The number of para-hydroxylation sites is 1. The predicted molar refractivity (Wildman–Crippen MR) is 196 cm³/mol. The summed E-state index contributed by atoms with van der Waals surface area (Å²) in [5, 5.41) is 13.4. The van der Waals surface area contributed by atoms with Crippen molar-refractivity contribution >= 4 is 25.7 Å². The minimum Gasteiger partial charge on any atom is -0.491 e. The molecule has 0 bridgehead atoms. The SMILES string of the molecule is Cc1c(C(=O)Nc2ccc(-c3nc(-c4cccc(OCC(O)CO[Si](C)(C)C(C)(C)C)c4)cnc3N)cc2)c(=O)n(-c2ccccc2)n1C. The van der Waals surface area contributed by atoms with E-state index in [0.717, 1.165) is 5.56 Å². The lowest BCUT2D eigenvalue weighted by Crippen LogP contribution is -2.43. The fraction of sp³-hybridized carbons (Fsp3) is 0.297. The molecule has 0 aliphatic rings. The Kier molecular flexibility index (Phi) is 10.2. The third-order valence-electron chi connectivity index (χ3n) is 9.01. The molecule has 2 heterocycles. The van der Waals surface area contributed by atoms with Crippen LogP contribution >= 0.6 is 0 Å². The van der Waals surface area contributed by atoms with E-state index in [1.807, 2.05) is 54.6 Å². The third kappa shape index (κ3) is 7.83. The van der Waals surface area contributed by atoms with Crippen LogP contribution in [0.2, 0.25) is 18.1 Å². The minimum atomic E-state index is -1.98. The average Bonchev–Trinajstić information content (AvgIpc) is 3.30. The van der Waals surface area contributed by atoms with E-state index in [1.54, 1.807) is 49.1 Å². The van der Waals surface area contributed by atoms with Crippen LogP contribution in [-0.4, -0.2) is 58.0 Å². The summed E-state index contributed by atoms with van der Waals surface area (Å²) < 4.78 is 15.2. The number of carbonyl (C=O) groups excluding carboxylic acids is 1. The van der Waals surface area contributed by atoms with Crippen molar-refractivity contribution in [2.75, 3.05) is 24.3 Å². The molecule has 0 aliphatic carbocycles. The van der Waals surface area contributed by atoms with Gasteiger partial charge in [0.25, 0.3) is 11.5 Å². The molecule has 49 heavy (non-hydrogen) atoms. The molecular formula is C37H44N6O5Si. The van der Waals surface area contributed by atoms with Crippen molar-refractivity contribution in [3.63, 3.8) is 0 Å². The molecule has 256 valence electrons. The van der Waals surface area contributed by atoms with Crippen LogP contribution in [0.1, 0.15) is 36.8 Å². The Morgan fingerprint density at radius 2 is 1.69 bits per heavy atom. The van der Waals surface area contributed by atoms with Crippen molar-refractivity contribution in [1.82, 2.24) is 19.3 Å². The molecule has 1 amide bonds. The summed E-state index contributed by atoms with van der Waals surface area (Å²) >= 11 is 0. The van der Waals surface area contributed by atoms with Crippen LogP contribution in [0.3, 0.4) is 0 Å². The van der Waals surface area contributed by atoms with Gasteiger partial charge in [0, 0.05) is 23.9 Å². The summed E-state index contributed by atoms with van der Waals surface area (Å²) in [6.07, 6.45) is 0.831. The molecule has 4 N–H and O–H groups in total. The van der Waals surface area contributed by atoms with Crippen molar-refractivity contribution in [3.05, 3.63) is 107 Å².